The molecule has 3 aromatic rings. The lowest BCUT2D eigenvalue weighted by molar-refractivity contribution is -0.129. The highest BCUT2D eigenvalue weighted by Crippen LogP contribution is 2.24. The molecule has 0 saturated carbocycles. The van der Waals surface area contributed by atoms with E-state index in [1.807, 2.05) is 48.5 Å². The average Bonchev–Trinajstić information content (AvgIpc) is 3.09. The Bertz CT molecular complexity index is 1120. The summed E-state index contributed by atoms with van der Waals surface area (Å²) >= 11 is 12.3. The molecule has 1 aliphatic rings. The smallest absolute Gasteiger partial charge is 0.363 e. The van der Waals surface area contributed by atoms with Gasteiger partial charge in [-0.25, -0.2) is 9.79 Å². The minimum atomic E-state index is -0.515. The monoisotopic (exact) mass is 423 g/mol. The van der Waals surface area contributed by atoms with Crippen LogP contribution in [0.15, 0.2) is 83.5 Å². The van der Waals surface area contributed by atoms with Gasteiger partial charge in [0, 0.05) is 10.6 Å². The quantitative estimate of drug-likeness (QED) is 0.378. The maximum absolute atomic E-state index is 12.1. The maximum Gasteiger partial charge on any atom is 0.363 e. The summed E-state index contributed by atoms with van der Waals surface area (Å²) in [5.41, 5.74) is 2.50. The summed E-state index contributed by atoms with van der Waals surface area (Å²) in [6, 6.07) is 21.9. The zero-order valence-electron chi connectivity index (χ0n) is 15.1. The molecule has 0 bridgehead atoms. The van der Waals surface area contributed by atoms with Gasteiger partial charge >= 0.3 is 5.97 Å². The average molecular weight is 424 g/mol. The van der Waals surface area contributed by atoms with Gasteiger partial charge in [0.25, 0.3) is 0 Å². The minimum Gasteiger partial charge on any atom is -0.489 e. The van der Waals surface area contributed by atoms with Crippen molar-refractivity contribution < 1.29 is 14.3 Å². The Morgan fingerprint density at radius 1 is 0.897 bits per heavy atom. The summed E-state index contributed by atoms with van der Waals surface area (Å²) in [6.45, 7) is 0.373. The Balaban J connectivity index is 1.48. The van der Waals surface area contributed by atoms with Gasteiger partial charge in [0.05, 0.1) is 10.6 Å². The number of hydrogen-bond acceptors (Lipinski definition) is 4. The molecule has 1 heterocycles. The van der Waals surface area contributed by atoms with Gasteiger partial charge in [0.15, 0.2) is 5.70 Å². The number of cyclic esters (lactones) is 1. The van der Waals surface area contributed by atoms with Crippen LogP contribution in [-0.2, 0) is 16.1 Å². The highest BCUT2D eigenvalue weighted by atomic mass is 35.5. The Morgan fingerprint density at radius 2 is 1.59 bits per heavy atom. The van der Waals surface area contributed by atoms with E-state index < -0.39 is 5.97 Å². The van der Waals surface area contributed by atoms with Crippen LogP contribution in [0.1, 0.15) is 16.7 Å². The third-order valence-corrected chi connectivity index (χ3v) is 4.96. The van der Waals surface area contributed by atoms with Gasteiger partial charge in [0.2, 0.25) is 5.90 Å². The molecular formula is C23H15Cl2NO3. The lowest BCUT2D eigenvalue weighted by Gasteiger charge is -2.07. The van der Waals surface area contributed by atoms with E-state index in [1.165, 1.54) is 0 Å². The molecule has 0 fully saturated rings. The molecule has 4 rings (SSSR count). The van der Waals surface area contributed by atoms with Crippen LogP contribution in [0.4, 0.5) is 0 Å². The number of carbonyl (C=O) groups excluding carboxylic acids is 1. The van der Waals surface area contributed by atoms with Crippen LogP contribution in [0.3, 0.4) is 0 Å². The molecule has 3 aromatic carbocycles. The van der Waals surface area contributed by atoms with Crippen LogP contribution >= 0.6 is 23.2 Å². The predicted molar refractivity (Wildman–Crippen MR) is 114 cm³/mol. The molecule has 0 aromatic heterocycles. The van der Waals surface area contributed by atoms with Crippen LogP contribution in [0.25, 0.3) is 6.08 Å². The molecule has 0 radical (unpaired) electrons. The van der Waals surface area contributed by atoms with Crippen molar-refractivity contribution in [2.24, 2.45) is 4.99 Å². The molecule has 4 nitrogen and oxygen atoms in total. The van der Waals surface area contributed by atoms with Crippen molar-refractivity contribution in [2.45, 2.75) is 6.61 Å². The Hall–Kier alpha value is -3.08. The number of hydrogen-bond donors (Lipinski definition) is 0. The molecule has 144 valence electrons. The van der Waals surface area contributed by atoms with Crippen molar-refractivity contribution in [3.8, 4) is 5.75 Å². The second kappa shape index (κ2) is 8.52. The maximum atomic E-state index is 12.1. The Morgan fingerprint density at radius 3 is 2.31 bits per heavy atom. The van der Waals surface area contributed by atoms with Gasteiger partial charge in [-0.2, -0.15) is 0 Å². The molecule has 0 saturated heterocycles. The van der Waals surface area contributed by atoms with Crippen LogP contribution in [0.5, 0.6) is 5.75 Å². The number of benzene rings is 3. The standard InChI is InChI=1S/C23H15Cl2NO3/c24-19-7-3-1-5-16(19)14-28-17-11-9-15(10-12-17)13-21-23(27)29-22(26-21)18-6-2-4-8-20(18)25/h1-13H,14H2/b21-13-. The second-order valence-corrected chi connectivity index (χ2v) is 7.08. The molecule has 0 amide bonds. The van der Waals surface area contributed by atoms with Crippen molar-refractivity contribution in [1.82, 2.24) is 0 Å². The fourth-order valence-corrected chi connectivity index (χ4v) is 3.16. The number of halogens is 2. The van der Waals surface area contributed by atoms with Gasteiger partial charge in [-0.3, -0.25) is 0 Å². The molecule has 0 N–H and O–H groups in total. The molecular weight excluding hydrogens is 409 g/mol. The molecule has 0 unspecified atom stereocenters. The van der Waals surface area contributed by atoms with Crippen molar-refractivity contribution in [1.29, 1.82) is 0 Å². The summed E-state index contributed by atoms with van der Waals surface area (Å²) in [6.07, 6.45) is 1.66. The van der Waals surface area contributed by atoms with Crippen molar-refractivity contribution >= 4 is 41.1 Å². The van der Waals surface area contributed by atoms with Crippen LogP contribution < -0.4 is 4.74 Å². The van der Waals surface area contributed by atoms with Crippen LogP contribution in [0, 0.1) is 0 Å². The van der Waals surface area contributed by atoms with E-state index in [0.29, 0.717) is 28.0 Å². The first-order valence-electron chi connectivity index (χ1n) is 8.84. The summed E-state index contributed by atoms with van der Waals surface area (Å²) in [4.78, 5) is 16.4. The molecule has 0 aliphatic carbocycles. The summed E-state index contributed by atoms with van der Waals surface area (Å²) in [5.74, 6) is 0.381. The fourth-order valence-electron chi connectivity index (χ4n) is 2.75. The SMILES string of the molecule is O=C1OC(c2ccccc2Cl)=N/C1=C\c1ccc(OCc2ccccc2Cl)cc1. The van der Waals surface area contributed by atoms with Crippen LogP contribution in [-0.4, -0.2) is 11.9 Å². The van der Waals surface area contributed by atoms with Gasteiger partial charge < -0.3 is 9.47 Å². The van der Waals surface area contributed by atoms with Gasteiger partial charge in [-0.1, -0.05) is 65.7 Å². The summed E-state index contributed by atoms with van der Waals surface area (Å²) in [5, 5.41) is 1.14. The number of carbonyl (C=O) groups is 1. The molecule has 29 heavy (non-hydrogen) atoms. The second-order valence-electron chi connectivity index (χ2n) is 6.27. The highest BCUT2D eigenvalue weighted by molar-refractivity contribution is 6.34. The third-order valence-electron chi connectivity index (χ3n) is 4.26. The lowest BCUT2D eigenvalue weighted by atomic mass is 10.2. The fraction of sp³-hybridized carbons (Fsp3) is 0.0435. The minimum absolute atomic E-state index is 0.201. The lowest BCUT2D eigenvalue weighted by Crippen LogP contribution is -2.05. The normalized spacial score (nSPS) is 14.6. The number of nitrogens with zero attached hydrogens (tertiary/aromatic N) is 1. The van der Waals surface area contributed by atoms with Gasteiger partial charge in [0.1, 0.15) is 12.4 Å². The summed E-state index contributed by atoms with van der Waals surface area (Å²) in [7, 11) is 0. The first-order valence-corrected chi connectivity index (χ1v) is 9.59. The van der Waals surface area contributed by atoms with Crippen molar-refractivity contribution in [2.75, 3.05) is 0 Å². The molecule has 1 aliphatic heterocycles. The first-order chi connectivity index (χ1) is 14.1. The Labute approximate surface area is 178 Å². The molecule has 6 heteroatoms. The third kappa shape index (κ3) is 4.50. The van der Waals surface area contributed by atoms with E-state index in [-0.39, 0.29) is 11.6 Å². The number of esters is 1. The molecule has 0 atom stereocenters. The largest absolute Gasteiger partial charge is 0.489 e. The van der Waals surface area contributed by atoms with Crippen LogP contribution in [0.2, 0.25) is 10.0 Å². The number of rotatable bonds is 5. The number of aliphatic imine (C=N–C) groups is 1. The topological polar surface area (TPSA) is 47.9 Å². The predicted octanol–water partition coefficient (Wildman–Crippen LogP) is 5.92. The zero-order chi connectivity index (χ0) is 20.2. The number of ether oxygens (including phenoxy) is 2. The molecule has 0 spiro atoms. The van der Waals surface area contributed by atoms with E-state index in [1.54, 1.807) is 30.3 Å². The highest BCUT2D eigenvalue weighted by Gasteiger charge is 2.25. The van der Waals surface area contributed by atoms with Gasteiger partial charge in [-0.15, -0.1) is 0 Å². The van der Waals surface area contributed by atoms with E-state index in [9.17, 15) is 4.79 Å². The van der Waals surface area contributed by atoms with Crippen molar-refractivity contribution in [3.05, 3.63) is 105 Å². The van der Waals surface area contributed by atoms with Crippen molar-refractivity contribution in [3.63, 3.8) is 0 Å². The first kappa shape index (κ1) is 19.2. The van der Waals surface area contributed by atoms with E-state index >= 15 is 0 Å². The Kier molecular flexibility index (Phi) is 5.65. The van der Waals surface area contributed by atoms with E-state index in [4.69, 9.17) is 32.7 Å². The van der Waals surface area contributed by atoms with Gasteiger partial charge in [-0.05, 0) is 42.0 Å². The van der Waals surface area contributed by atoms with E-state index in [2.05, 4.69) is 4.99 Å². The zero-order valence-corrected chi connectivity index (χ0v) is 16.7. The summed E-state index contributed by atoms with van der Waals surface area (Å²) < 4.78 is 11.0. The van der Waals surface area contributed by atoms with E-state index in [0.717, 1.165) is 11.1 Å².